The van der Waals surface area contributed by atoms with Gasteiger partial charge in [0.25, 0.3) is 0 Å². The first kappa shape index (κ1) is 15.4. The summed E-state index contributed by atoms with van der Waals surface area (Å²) in [5.74, 6) is 0.863. The molecular formula is C14H28N2O2. The van der Waals surface area contributed by atoms with Gasteiger partial charge in [-0.15, -0.1) is 0 Å². The Kier molecular flexibility index (Phi) is 6.65. The highest BCUT2D eigenvalue weighted by atomic mass is 16.3. The summed E-state index contributed by atoms with van der Waals surface area (Å²) in [6, 6.07) is 0. The van der Waals surface area contributed by atoms with E-state index in [1.165, 1.54) is 12.8 Å². The molecule has 0 bridgehead atoms. The molecule has 4 nitrogen and oxygen atoms in total. The lowest BCUT2D eigenvalue weighted by molar-refractivity contribution is -0.121. The van der Waals surface area contributed by atoms with Crippen LogP contribution in [0.3, 0.4) is 0 Å². The zero-order valence-corrected chi connectivity index (χ0v) is 11.8. The van der Waals surface area contributed by atoms with Crippen LogP contribution in [0.5, 0.6) is 0 Å². The van der Waals surface area contributed by atoms with Crippen LogP contribution in [0.25, 0.3) is 0 Å². The molecule has 0 atom stereocenters. The molecule has 1 fully saturated rings. The number of hydrogen-bond acceptors (Lipinski definition) is 3. The van der Waals surface area contributed by atoms with E-state index in [1.54, 1.807) is 0 Å². The molecule has 0 aromatic rings. The molecule has 0 aromatic carbocycles. The van der Waals surface area contributed by atoms with Crippen molar-refractivity contribution in [3.8, 4) is 0 Å². The molecule has 1 saturated heterocycles. The number of carbonyl (C=O) groups excluding carboxylic acids is 1. The third-order valence-electron chi connectivity index (χ3n) is 3.79. The van der Waals surface area contributed by atoms with Crippen LogP contribution in [0.4, 0.5) is 0 Å². The molecule has 1 rings (SSSR count). The first-order valence-electron chi connectivity index (χ1n) is 7.12. The van der Waals surface area contributed by atoms with Crippen molar-refractivity contribution in [2.24, 2.45) is 11.3 Å². The van der Waals surface area contributed by atoms with Crippen LogP contribution in [0, 0.1) is 11.3 Å². The SMILES string of the molecule is CC(C)(CCO)CNC(=O)CCC1CCNCC1. The van der Waals surface area contributed by atoms with Crippen molar-refractivity contribution in [2.45, 2.75) is 46.0 Å². The second-order valence-electron chi connectivity index (χ2n) is 6.15. The van der Waals surface area contributed by atoms with Gasteiger partial charge in [0.05, 0.1) is 0 Å². The van der Waals surface area contributed by atoms with Crippen LogP contribution in [-0.2, 0) is 4.79 Å². The maximum Gasteiger partial charge on any atom is 0.220 e. The Hall–Kier alpha value is -0.610. The fourth-order valence-electron chi connectivity index (χ4n) is 2.32. The van der Waals surface area contributed by atoms with Crippen molar-refractivity contribution < 1.29 is 9.90 Å². The van der Waals surface area contributed by atoms with Crippen LogP contribution in [0.2, 0.25) is 0 Å². The van der Waals surface area contributed by atoms with E-state index >= 15 is 0 Å². The van der Waals surface area contributed by atoms with Gasteiger partial charge in [0.2, 0.25) is 5.91 Å². The zero-order valence-electron chi connectivity index (χ0n) is 11.8. The highest BCUT2D eigenvalue weighted by molar-refractivity contribution is 5.75. The minimum Gasteiger partial charge on any atom is -0.396 e. The highest BCUT2D eigenvalue weighted by Crippen LogP contribution is 2.19. The predicted octanol–water partition coefficient (Wildman–Crippen LogP) is 1.29. The highest BCUT2D eigenvalue weighted by Gasteiger charge is 2.19. The van der Waals surface area contributed by atoms with Gasteiger partial charge in [-0.3, -0.25) is 4.79 Å². The molecule has 0 aliphatic carbocycles. The lowest BCUT2D eigenvalue weighted by atomic mass is 9.89. The number of rotatable bonds is 7. The molecule has 1 amide bonds. The van der Waals surface area contributed by atoms with E-state index in [0.717, 1.165) is 25.9 Å². The van der Waals surface area contributed by atoms with E-state index in [4.69, 9.17) is 5.11 Å². The van der Waals surface area contributed by atoms with E-state index in [2.05, 4.69) is 24.5 Å². The molecule has 1 aliphatic heterocycles. The predicted molar refractivity (Wildman–Crippen MR) is 73.3 cm³/mol. The summed E-state index contributed by atoms with van der Waals surface area (Å²) in [5.41, 5.74) is -0.0147. The molecule has 18 heavy (non-hydrogen) atoms. The minimum absolute atomic E-state index is 0.0147. The van der Waals surface area contributed by atoms with Crippen molar-refractivity contribution in [3.63, 3.8) is 0 Å². The summed E-state index contributed by atoms with van der Waals surface area (Å²) < 4.78 is 0. The zero-order chi connectivity index (χ0) is 13.4. The Labute approximate surface area is 111 Å². The summed E-state index contributed by atoms with van der Waals surface area (Å²) in [4.78, 5) is 11.7. The third-order valence-corrected chi connectivity index (χ3v) is 3.79. The molecule has 0 aromatic heterocycles. The topological polar surface area (TPSA) is 61.4 Å². The molecule has 0 unspecified atom stereocenters. The third kappa shape index (κ3) is 6.36. The summed E-state index contributed by atoms with van der Waals surface area (Å²) in [7, 11) is 0. The Balaban J connectivity index is 2.13. The summed E-state index contributed by atoms with van der Waals surface area (Å²) >= 11 is 0. The molecule has 0 radical (unpaired) electrons. The lowest BCUT2D eigenvalue weighted by Gasteiger charge is -2.25. The van der Waals surface area contributed by atoms with Crippen LogP contribution in [0.15, 0.2) is 0 Å². The first-order chi connectivity index (χ1) is 8.53. The van der Waals surface area contributed by atoms with Gasteiger partial charge >= 0.3 is 0 Å². The average Bonchev–Trinajstić information content (AvgIpc) is 2.35. The van der Waals surface area contributed by atoms with E-state index in [-0.39, 0.29) is 17.9 Å². The van der Waals surface area contributed by atoms with Gasteiger partial charge in [-0.2, -0.15) is 0 Å². The molecule has 1 heterocycles. The molecule has 106 valence electrons. The summed E-state index contributed by atoms with van der Waals surface area (Å²) in [6.45, 7) is 7.15. The Bertz CT molecular complexity index is 248. The molecule has 1 aliphatic rings. The number of aliphatic hydroxyl groups is 1. The Morgan fingerprint density at radius 1 is 1.39 bits per heavy atom. The van der Waals surface area contributed by atoms with Gasteiger partial charge in [-0.05, 0) is 50.1 Å². The van der Waals surface area contributed by atoms with E-state index < -0.39 is 0 Å². The normalized spacial score (nSPS) is 17.7. The number of amides is 1. The van der Waals surface area contributed by atoms with Crippen LogP contribution >= 0.6 is 0 Å². The monoisotopic (exact) mass is 256 g/mol. The largest absolute Gasteiger partial charge is 0.396 e. The summed E-state index contributed by atoms with van der Waals surface area (Å²) in [6.07, 6.45) is 4.77. The fraction of sp³-hybridized carbons (Fsp3) is 0.929. The Morgan fingerprint density at radius 2 is 2.06 bits per heavy atom. The standard InChI is InChI=1S/C14H28N2O2/c1-14(2,7-10-17)11-16-13(18)4-3-12-5-8-15-9-6-12/h12,15,17H,3-11H2,1-2H3,(H,16,18). The number of aliphatic hydroxyl groups excluding tert-OH is 1. The Morgan fingerprint density at radius 3 is 2.67 bits per heavy atom. The molecule has 0 saturated carbocycles. The maximum atomic E-state index is 11.7. The van der Waals surface area contributed by atoms with Gasteiger partial charge in [-0.25, -0.2) is 0 Å². The van der Waals surface area contributed by atoms with E-state index in [0.29, 0.717) is 18.9 Å². The second-order valence-corrected chi connectivity index (χ2v) is 6.15. The van der Waals surface area contributed by atoms with Gasteiger partial charge in [-0.1, -0.05) is 13.8 Å². The first-order valence-corrected chi connectivity index (χ1v) is 7.12. The summed E-state index contributed by atoms with van der Waals surface area (Å²) in [5, 5.41) is 15.2. The van der Waals surface area contributed by atoms with Crippen molar-refractivity contribution in [3.05, 3.63) is 0 Å². The van der Waals surface area contributed by atoms with Crippen LogP contribution < -0.4 is 10.6 Å². The quantitative estimate of drug-likeness (QED) is 0.643. The van der Waals surface area contributed by atoms with Gasteiger partial charge in [0.15, 0.2) is 0 Å². The molecule has 0 spiro atoms. The van der Waals surface area contributed by atoms with Crippen molar-refractivity contribution in [1.82, 2.24) is 10.6 Å². The number of nitrogens with one attached hydrogen (secondary N) is 2. The van der Waals surface area contributed by atoms with Gasteiger partial charge in [0.1, 0.15) is 0 Å². The molecule has 3 N–H and O–H groups in total. The van der Waals surface area contributed by atoms with Gasteiger partial charge in [0, 0.05) is 19.6 Å². The van der Waals surface area contributed by atoms with Gasteiger partial charge < -0.3 is 15.7 Å². The number of piperidine rings is 1. The minimum atomic E-state index is -0.0147. The maximum absolute atomic E-state index is 11.7. The second kappa shape index (κ2) is 7.74. The van der Waals surface area contributed by atoms with Crippen molar-refractivity contribution >= 4 is 5.91 Å². The smallest absolute Gasteiger partial charge is 0.220 e. The van der Waals surface area contributed by atoms with E-state index in [1.807, 2.05) is 0 Å². The fourth-order valence-corrected chi connectivity index (χ4v) is 2.32. The van der Waals surface area contributed by atoms with Crippen LogP contribution in [-0.4, -0.2) is 37.3 Å². The molecule has 4 heteroatoms. The average molecular weight is 256 g/mol. The lowest BCUT2D eigenvalue weighted by Crippen LogP contribution is -2.35. The molecular weight excluding hydrogens is 228 g/mol. The van der Waals surface area contributed by atoms with Crippen molar-refractivity contribution in [2.75, 3.05) is 26.2 Å². The number of hydrogen-bond donors (Lipinski definition) is 3. The van der Waals surface area contributed by atoms with E-state index in [9.17, 15) is 4.79 Å². The van der Waals surface area contributed by atoms with Crippen molar-refractivity contribution in [1.29, 1.82) is 0 Å². The van der Waals surface area contributed by atoms with Crippen LogP contribution in [0.1, 0.15) is 46.0 Å². The number of carbonyl (C=O) groups is 1.